The molecule has 18 heavy (non-hydrogen) atoms. The number of hydrogen-bond donors (Lipinski definition) is 2. The van der Waals surface area contributed by atoms with Gasteiger partial charge in [0.2, 0.25) is 5.91 Å². The average molecular weight is 268 g/mol. The van der Waals surface area contributed by atoms with Gasteiger partial charge in [0.1, 0.15) is 0 Å². The average Bonchev–Trinajstić information content (AvgIpc) is 2.88. The van der Waals surface area contributed by atoms with Crippen LogP contribution in [0.15, 0.2) is 17.5 Å². The largest absolute Gasteiger partial charge is 0.355 e. The summed E-state index contributed by atoms with van der Waals surface area (Å²) in [4.78, 5) is 13.1. The van der Waals surface area contributed by atoms with Gasteiger partial charge in [-0.1, -0.05) is 33.3 Å². The molecule has 0 saturated heterocycles. The van der Waals surface area contributed by atoms with E-state index in [0.29, 0.717) is 25.4 Å². The molecule has 0 radical (unpaired) electrons. The van der Waals surface area contributed by atoms with E-state index < -0.39 is 0 Å². The highest BCUT2D eigenvalue weighted by atomic mass is 32.1. The normalized spacial score (nSPS) is 13.3. The van der Waals surface area contributed by atoms with Gasteiger partial charge < -0.3 is 11.1 Å². The number of nitrogens with one attached hydrogen (secondary N) is 1. The van der Waals surface area contributed by atoms with E-state index in [1.54, 1.807) is 11.3 Å². The van der Waals surface area contributed by atoms with Crippen LogP contribution in [-0.4, -0.2) is 19.0 Å². The predicted octanol–water partition coefficient (Wildman–Crippen LogP) is 2.52. The third kappa shape index (κ3) is 4.42. The molecule has 0 aliphatic heterocycles. The van der Waals surface area contributed by atoms with Gasteiger partial charge in [-0.15, -0.1) is 11.3 Å². The molecule has 0 aliphatic carbocycles. The zero-order chi connectivity index (χ0) is 13.6. The Hall–Kier alpha value is -0.870. The van der Waals surface area contributed by atoms with Gasteiger partial charge in [-0.05, 0) is 23.9 Å². The molecular formula is C14H24N2OS. The minimum Gasteiger partial charge on any atom is -0.355 e. The van der Waals surface area contributed by atoms with E-state index in [1.165, 1.54) is 4.88 Å². The lowest BCUT2D eigenvalue weighted by Gasteiger charge is -2.24. The fraction of sp³-hybridized carbons (Fsp3) is 0.643. The zero-order valence-corrected chi connectivity index (χ0v) is 12.3. The Morgan fingerprint density at radius 3 is 2.78 bits per heavy atom. The summed E-state index contributed by atoms with van der Waals surface area (Å²) in [7, 11) is 0. The van der Waals surface area contributed by atoms with Gasteiger partial charge in [0.15, 0.2) is 0 Å². The number of carbonyl (C=O) groups excluding carboxylic acids is 1. The number of nitrogens with two attached hydrogens (primary N) is 1. The second-order valence-electron chi connectivity index (χ2n) is 5.35. The molecular weight excluding hydrogens is 244 g/mol. The van der Waals surface area contributed by atoms with E-state index in [9.17, 15) is 4.79 Å². The van der Waals surface area contributed by atoms with Crippen LogP contribution in [0.2, 0.25) is 0 Å². The van der Waals surface area contributed by atoms with Crippen LogP contribution in [0.1, 0.15) is 38.5 Å². The number of thiophene rings is 1. The highest BCUT2D eigenvalue weighted by Gasteiger charge is 2.22. The lowest BCUT2D eigenvalue weighted by Crippen LogP contribution is -2.37. The number of hydrogen-bond acceptors (Lipinski definition) is 3. The van der Waals surface area contributed by atoms with Crippen molar-refractivity contribution >= 4 is 17.2 Å². The highest BCUT2D eigenvalue weighted by Crippen LogP contribution is 2.26. The third-order valence-electron chi connectivity index (χ3n) is 3.30. The van der Waals surface area contributed by atoms with Gasteiger partial charge in [-0.2, -0.15) is 0 Å². The van der Waals surface area contributed by atoms with Crippen LogP contribution in [0.25, 0.3) is 0 Å². The standard InChI is InChI=1S/C14H24N2OS/c1-4-11(9-15)8-13(17)16-10-14(2,3)12-6-5-7-18-12/h5-7,11H,4,8-10,15H2,1-3H3,(H,16,17). The van der Waals surface area contributed by atoms with E-state index in [2.05, 4.69) is 37.5 Å². The van der Waals surface area contributed by atoms with Crippen LogP contribution in [0, 0.1) is 5.92 Å². The lowest BCUT2D eigenvalue weighted by molar-refractivity contribution is -0.122. The third-order valence-corrected chi connectivity index (χ3v) is 4.54. The first-order valence-electron chi connectivity index (χ1n) is 6.50. The van der Waals surface area contributed by atoms with Crippen LogP contribution in [0.3, 0.4) is 0 Å². The number of carbonyl (C=O) groups is 1. The van der Waals surface area contributed by atoms with Crippen molar-refractivity contribution in [2.45, 2.75) is 39.0 Å². The maximum absolute atomic E-state index is 11.8. The van der Waals surface area contributed by atoms with Crippen molar-refractivity contribution in [3.05, 3.63) is 22.4 Å². The first kappa shape index (κ1) is 15.2. The number of rotatable bonds is 7. The molecule has 3 N–H and O–H groups in total. The van der Waals surface area contributed by atoms with Crippen molar-refractivity contribution in [2.75, 3.05) is 13.1 Å². The van der Waals surface area contributed by atoms with E-state index in [-0.39, 0.29) is 11.3 Å². The summed E-state index contributed by atoms with van der Waals surface area (Å²) < 4.78 is 0. The van der Waals surface area contributed by atoms with Gasteiger partial charge in [0.25, 0.3) is 0 Å². The van der Waals surface area contributed by atoms with Gasteiger partial charge in [-0.25, -0.2) is 0 Å². The van der Waals surface area contributed by atoms with Crippen LogP contribution in [0.5, 0.6) is 0 Å². The van der Waals surface area contributed by atoms with Crippen LogP contribution < -0.4 is 11.1 Å². The smallest absolute Gasteiger partial charge is 0.220 e. The molecule has 1 atom stereocenters. The molecule has 1 heterocycles. The summed E-state index contributed by atoms with van der Waals surface area (Å²) in [5.74, 6) is 0.409. The molecule has 0 spiro atoms. The first-order chi connectivity index (χ1) is 8.49. The topological polar surface area (TPSA) is 55.1 Å². The maximum Gasteiger partial charge on any atom is 0.220 e. The summed E-state index contributed by atoms with van der Waals surface area (Å²) in [6, 6.07) is 4.16. The van der Waals surface area contributed by atoms with E-state index in [4.69, 9.17) is 5.73 Å². The minimum atomic E-state index is -0.00570. The van der Waals surface area contributed by atoms with Crippen molar-refractivity contribution in [3.8, 4) is 0 Å². The highest BCUT2D eigenvalue weighted by molar-refractivity contribution is 7.10. The van der Waals surface area contributed by atoms with Crippen molar-refractivity contribution in [1.29, 1.82) is 0 Å². The van der Waals surface area contributed by atoms with Gasteiger partial charge in [-0.3, -0.25) is 4.79 Å². The summed E-state index contributed by atoms with van der Waals surface area (Å²) in [5, 5.41) is 5.09. The fourth-order valence-electron chi connectivity index (χ4n) is 1.80. The van der Waals surface area contributed by atoms with Gasteiger partial charge in [0.05, 0.1) is 0 Å². The Bertz CT molecular complexity index is 356. The molecule has 1 rings (SSSR count). The Balaban J connectivity index is 2.43. The Kier molecular flexibility index (Phi) is 5.82. The molecule has 0 aromatic carbocycles. The van der Waals surface area contributed by atoms with Crippen LogP contribution >= 0.6 is 11.3 Å². The Labute approximate surface area is 114 Å². The Morgan fingerprint density at radius 1 is 1.56 bits per heavy atom. The summed E-state index contributed by atoms with van der Waals surface area (Å²) in [5.41, 5.74) is 5.61. The number of amides is 1. The van der Waals surface area contributed by atoms with Gasteiger partial charge in [0, 0.05) is 23.3 Å². The van der Waals surface area contributed by atoms with Crippen molar-refractivity contribution in [3.63, 3.8) is 0 Å². The van der Waals surface area contributed by atoms with Crippen molar-refractivity contribution in [1.82, 2.24) is 5.32 Å². The van der Waals surface area contributed by atoms with E-state index >= 15 is 0 Å². The molecule has 102 valence electrons. The molecule has 0 saturated carbocycles. The Morgan fingerprint density at radius 2 is 2.28 bits per heavy atom. The first-order valence-corrected chi connectivity index (χ1v) is 7.38. The SMILES string of the molecule is CCC(CN)CC(=O)NCC(C)(C)c1cccs1. The van der Waals surface area contributed by atoms with Crippen molar-refractivity contribution < 1.29 is 4.79 Å². The lowest BCUT2D eigenvalue weighted by atomic mass is 9.91. The van der Waals surface area contributed by atoms with E-state index in [0.717, 1.165) is 6.42 Å². The molecule has 1 aromatic rings. The molecule has 0 fully saturated rings. The monoisotopic (exact) mass is 268 g/mol. The van der Waals surface area contributed by atoms with Gasteiger partial charge >= 0.3 is 0 Å². The second-order valence-corrected chi connectivity index (χ2v) is 6.30. The summed E-state index contributed by atoms with van der Waals surface area (Å²) in [6.07, 6.45) is 1.49. The minimum absolute atomic E-state index is 0.00570. The molecule has 4 heteroatoms. The maximum atomic E-state index is 11.8. The molecule has 3 nitrogen and oxygen atoms in total. The molecule has 0 bridgehead atoms. The second kappa shape index (κ2) is 6.90. The van der Waals surface area contributed by atoms with Crippen molar-refractivity contribution in [2.24, 2.45) is 11.7 Å². The predicted molar refractivity (Wildman–Crippen MR) is 77.8 cm³/mol. The summed E-state index contributed by atoms with van der Waals surface area (Å²) in [6.45, 7) is 7.63. The van der Waals surface area contributed by atoms with Crippen LogP contribution in [0.4, 0.5) is 0 Å². The zero-order valence-electron chi connectivity index (χ0n) is 11.5. The molecule has 1 aromatic heterocycles. The fourth-order valence-corrected chi connectivity index (χ4v) is 2.65. The quantitative estimate of drug-likeness (QED) is 0.798. The summed E-state index contributed by atoms with van der Waals surface area (Å²) >= 11 is 1.73. The molecule has 1 unspecified atom stereocenters. The molecule has 1 amide bonds. The molecule has 0 aliphatic rings. The van der Waals surface area contributed by atoms with Crippen LogP contribution in [-0.2, 0) is 10.2 Å². The van der Waals surface area contributed by atoms with E-state index in [1.807, 2.05) is 6.07 Å².